The van der Waals surface area contributed by atoms with Crippen LogP contribution in [0.15, 0.2) is 0 Å². The van der Waals surface area contributed by atoms with Crippen LogP contribution < -0.4 is 0 Å². The molecule has 0 saturated carbocycles. The van der Waals surface area contributed by atoms with Crippen LogP contribution in [0.5, 0.6) is 0 Å². The average molecular weight is 171 g/mol. The first-order chi connectivity index (χ1) is 5.66. The van der Waals surface area contributed by atoms with Gasteiger partial charge in [-0.1, -0.05) is 0 Å². The summed E-state index contributed by atoms with van der Waals surface area (Å²) in [6.45, 7) is 4.49. The van der Waals surface area contributed by atoms with Gasteiger partial charge in [-0.15, -0.1) is 0 Å². The number of hydrogen-bond donors (Lipinski definition) is 0. The smallest absolute Gasteiger partial charge is 0.328 e. The average Bonchev–Trinajstić information content (AvgIpc) is 2.02. The first-order valence-corrected chi connectivity index (χ1v) is 4.13. The Morgan fingerprint density at radius 1 is 1.75 bits per heavy atom. The molecule has 0 aromatic carbocycles. The number of β-lactam (4-membered cyclic amide) rings is 1. The molecule has 1 atom stereocenters. The van der Waals surface area contributed by atoms with Gasteiger partial charge in [0.1, 0.15) is 6.04 Å². The molecule has 1 unspecified atom stereocenters. The lowest BCUT2D eigenvalue weighted by Gasteiger charge is -2.34. The summed E-state index contributed by atoms with van der Waals surface area (Å²) in [6.07, 6.45) is 0.559. The van der Waals surface area contributed by atoms with E-state index in [9.17, 15) is 9.59 Å². The zero-order valence-corrected chi connectivity index (χ0v) is 7.37. The molecule has 1 fully saturated rings. The third-order valence-electron chi connectivity index (χ3n) is 1.98. The van der Waals surface area contributed by atoms with Gasteiger partial charge in [0.2, 0.25) is 5.91 Å². The molecule has 1 amide bonds. The molecule has 0 N–H and O–H groups in total. The van der Waals surface area contributed by atoms with Gasteiger partial charge in [-0.2, -0.15) is 0 Å². The fraction of sp³-hybridized carbons (Fsp3) is 0.750. The maximum atomic E-state index is 11.1. The minimum absolute atomic E-state index is 0.0375. The van der Waals surface area contributed by atoms with Gasteiger partial charge in [0, 0.05) is 13.0 Å². The van der Waals surface area contributed by atoms with E-state index in [1.54, 1.807) is 13.8 Å². The van der Waals surface area contributed by atoms with E-state index in [2.05, 4.69) is 0 Å². The van der Waals surface area contributed by atoms with Crippen molar-refractivity contribution in [1.82, 2.24) is 4.90 Å². The lowest BCUT2D eigenvalue weighted by Crippen LogP contribution is -2.52. The Morgan fingerprint density at radius 3 is 2.75 bits per heavy atom. The molecule has 1 aliphatic heterocycles. The molecule has 1 rings (SSSR count). The predicted molar refractivity (Wildman–Crippen MR) is 42.4 cm³/mol. The molecule has 0 aromatic rings. The van der Waals surface area contributed by atoms with Crippen LogP contribution in [0.4, 0.5) is 0 Å². The van der Waals surface area contributed by atoms with E-state index < -0.39 is 6.04 Å². The summed E-state index contributed by atoms with van der Waals surface area (Å²) in [4.78, 5) is 23.5. The van der Waals surface area contributed by atoms with Gasteiger partial charge in [-0.25, -0.2) is 4.79 Å². The lowest BCUT2D eigenvalue weighted by atomic mass is 10.1. The highest BCUT2D eigenvalue weighted by Gasteiger charge is 2.32. The maximum absolute atomic E-state index is 11.1. The minimum Gasteiger partial charge on any atom is -0.464 e. The topological polar surface area (TPSA) is 46.6 Å². The van der Waals surface area contributed by atoms with E-state index in [1.807, 2.05) is 0 Å². The quantitative estimate of drug-likeness (QED) is 0.449. The second-order valence-corrected chi connectivity index (χ2v) is 2.77. The maximum Gasteiger partial charge on any atom is 0.328 e. The van der Waals surface area contributed by atoms with Crippen molar-refractivity contribution < 1.29 is 14.3 Å². The first-order valence-electron chi connectivity index (χ1n) is 4.13. The number of carbonyl (C=O) groups excluding carboxylic acids is 2. The van der Waals surface area contributed by atoms with E-state index in [0.29, 0.717) is 19.6 Å². The summed E-state index contributed by atoms with van der Waals surface area (Å²) in [5, 5.41) is 0. The van der Waals surface area contributed by atoms with Crippen molar-refractivity contribution in [2.75, 3.05) is 13.2 Å². The summed E-state index contributed by atoms with van der Waals surface area (Å²) in [6, 6.07) is -0.411. The number of likely N-dealkylation sites (tertiary alicyclic amines) is 1. The van der Waals surface area contributed by atoms with Crippen molar-refractivity contribution >= 4 is 11.9 Å². The van der Waals surface area contributed by atoms with E-state index in [4.69, 9.17) is 4.74 Å². The zero-order chi connectivity index (χ0) is 9.14. The third kappa shape index (κ3) is 1.57. The van der Waals surface area contributed by atoms with Gasteiger partial charge in [-0.05, 0) is 13.8 Å². The Labute approximate surface area is 71.5 Å². The van der Waals surface area contributed by atoms with E-state index in [-0.39, 0.29) is 11.9 Å². The van der Waals surface area contributed by atoms with Crippen LogP contribution in [0.3, 0.4) is 0 Å². The predicted octanol–water partition coefficient (Wildman–Crippen LogP) is 0.170. The second-order valence-electron chi connectivity index (χ2n) is 2.77. The zero-order valence-electron chi connectivity index (χ0n) is 7.37. The van der Waals surface area contributed by atoms with Gasteiger partial charge in [-0.3, -0.25) is 4.79 Å². The number of esters is 1. The SMILES string of the molecule is CCOC(=O)C(C)N1CCC1=O. The van der Waals surface area contributed by atoms with Crippen LogP contribution in [0.1, 0.15) is 20.3 Å². The van der Waals surface area contributed by atoms with E-state index >= 15 is 0 Å². The van der Waals surface area contributed by atoms with Crippen molar-refractivity contribution in [1.29, 1.82) is 0 Å². The minimum atomic E-state index is -0.411. The Hall–Kier alpha value is -1.06. The van der Waals surface area contributed by atoms with Crippen molar-refractivity contribution in [3.05, 3.63) is 0 Å². The standard InChI is InChI=1S/C8H13NO3/c1-3-12-8(11)6(2)9-5-4-7(9)10/h6H,3-5H2,1-2H3. The largest absolute Gasteiger partial charge is 0.464 e. The Kier molecular flexibility index (Phi) is 2.68. The van der Waals surface area contributed by atoms with Crippen molar-refractivity contribution in [2.45, 2.75) is 26.3 Å². The van der Waals surface area contributed by atoms with Gasteiger partial charge in [0.05, 0.1) is 6.61 Å². The lowest BCUT2D eigenvalue weighted by molar-refractivity contribution is -0.159. The summed E-state index contributed by atoms with van der Waals surface area (Å²) in [5.41, 5.74) is 0. The molecule has 4 nitrogen and oxygen atoms in total. The van der Waals surface area contributed by atoms with Crippen LogP contribution in [0.2, 0.25) is 0 Å². The Bertz CT molecular complexity index is 202. The molecule has 1 saturated heterocycles. The van der Waals surface area contributed by atoms with Crippen molar-refractivity contribution in [3.8, 4) is 0 Å². The molecule has 1 aliphatic rings. The number of carbonyl (C=O) groups is 2. The van der Waals surface area contributed by atoms with E-state index in [0.717, 1.165) is 0 Å². The van der Waals surface area contributed by atoms with Gasteiger partial charge < -0.3 is 9.64 Å². The fourth-order valence-electron chi connectivity index (χ4n) is 1.13. The molecule has 0 radical (unpaired) electrons. The van der Waals surface area contributed by atoms with E-state index in [1.165, 1.54) is 4.90 Å². The highest BCUT2D eigenvalue weighted by Crippen LogP contribution is 2.13. The van der Waals surface area contributed by atoms with Gasteiger partial charge in [0.25, 0.3) is 0 Å². The summed E-state index contributed by atoms with van der Waals surface area (Å²) in [7, 11) is 0. The molecule has 0 aliphatic carbocycles. The molecule has 4 heteroatoms. The number of rotatable bonds is 3. The number of ether oxygens (including phenoxy) is 1. The number of nitrogens with zero attached hydrogens (tertiary/aromatic N) is 1. The van der Waals surface area contributed by atoms with Crippen molar-refractivity contribution in [3.63, 3.8) is 0 Å². The summed E-state index contributed by atoms with van der Waals surface area (Å²) < 4.78 is 4.78. The number of amides is 1. The molecule has 0 spiro atoms. The Balaban J connectivity index is 2.41. The molecular formula is C8H13NO3. The fourth-order valence-corrected chi connectivity index (χ4v) is 1.13. The molecule has 68 valence electrons. The highest BCUT2D eigenvalue weighted by molar-refractivity contribution is 5.87. The Morgan fingerprint density at radius 2 is 2.42 bits per heavy atom. The summed E-state index contributed by atoms with van der Waals surface area (Å²) in [5.74, 6) is -0.277. The van der Waals surface area contributed by atoms with Crippen LogP contribution in [0, 0.1) is 0 Å². The molecule has 0 bridgehead atoms. The normalized spacial score (nSPS) is 18.5. The number of hydrogen-bond acceptors (Lipinski definition) is 3. The van der Waals surface area contributed by atoms with Crippen LogP contribution in [-0.4, -0.2) is 36.0 Å². The molecule has 1 heterocycles. The van der Waals surface area contributed by atoms with Gasteiger partial charge in [0.15, 0.2) is 0 Å². The third-order valence-corrected chi connectivity index (χ3v) is 1.98. The highest BCUT2D eigenvalue weighted by atomic mass is 16.5. The molecular weight excluding hydrogens is 158 g/mol. The van der Waals surface area contributed by atoms with Crippen LogP contribution in [-0.2, 0) is 14.3 Å². The molecule has 0 aromatic heterocycles. The first kappa shape index (κ1) is 9.03. The van der Waals surface area contributed by atoms with Crippen LogP contribution >= 0.6 is 0 Å². The second kappa shape index (κ2) is 3.56. The molecule has 12 heavy (non-hydrogen) atoms. The van der Waals surface area contributed by atoms with Gasteiger partial charge >= 0.3 is 5.97 Å². The summed E-state index contributed by atoms with van der Waals surface area (Å²) >= 11 is 0. The monoisotopic (exact) mass is 171 g/mol. The van der Waals surface area contributed by atoms with Crippen molar-refractivity contribution in [2.24, 2.45) is 0 Å². The van der Waals surface area contributed by atoms with Crippen LogP contribution in [0.25, 0.3) is 0 Å².